The van der Waals surface area contributed by atoms with Gasteiger partial charge in [0.05, 0.1) is 30.2 Å². The number of fused-ring (bicyclic) bond motifs is 11. The van der Waals surface area contributed by atoms with E-state index in [4.69, 9.17) is 4.42 Å². The Morgan fingerprint density at radius 2 is 0.620 bits per heavy atom. The van der Waals surface area contributed by atoms with E-state index in [1.165, 1.54) is 83.1 Å². The standard InChI is InChI=1S/C103H111N3OSi/c1-96(2,3)66-32-48-74(49-33-66)104(75-50-34-67(35-51-75)97(4,5)6)76-60-44-72(45-61-76)103(73-46-62-81(63-47-73)108(21,22)23)85-64-87(105(77-52-36-68(37-53-77)98(7,8)9)78-54-38-69(39-55-78)99(10,11)12)90-82-28-24-26-30-84(82)102(19,20)94(90)92(85)93-86(103)65-88(91-83-29-25-27-31-89(83)107-95(91)93)106(79-56-40-70(41-57-79)100(13,14)15)80-58-42-71(43-59-80)101(16,17)18/h24-65H,1-23H3. The van der Waals surface area contributed by atoms with Gasteiger partial charge in [-0.3, -0.25) is 0 Å². The molecule has 0 N–H and O–H groups in total. The van der Waals surface area contributed by atoms with Gasteiger partial charge in [-0.1, -0.05) is 315 Å². The molecule has 2 aliphatic rings. The fourth-order valence-electron chi connectivity index (χ4n) is 17.3. The third-order valence-corrected chi connectivity index (χ3v) is 25.7. The Balaban J connectivity index is 1.14. The molecule has 0 radical (unpaired) electrons. The van der Waals surface area contributed by atoms with Crippen molar-refractivity contribution in [1.82, 2.24) is 0 Å². The summed E-state index contributed by atoms with van der Waals surface area (Å²) in [5.74, 6) is 0. The number of benzene rings is 12. The predicted octanol–water partition coefficient (Wildman–Crippen LogP) is 29.0. The van der Waals surface area contributed by atoms with Gasteiger partial charge >= 0.3 is 0 Å². The molecule has 12 aromatic carbocycles. The van der Waals surface area contributed by atoms with Crippen molar-refractivity contribution in [1.29, 1.82) is 0 Å². The predicted molar refractivity (Wildman–Crippen MR) is 468 cm³/mol. The Morgan fingerprint density at radius 1 is 0.306 bits per heavy atom. The molecule has 0 fully saturated rings. The maximum Gasteiger partial charge on any atom is 0.145 e. The van der Waals surface area contributed by atoms with E-state index in [-0.39, 0.29) is 32.5 Å². The highest BCUT2D eigenvalue weighted by Crippen LogP contribution is 2.68. The second-order valence-corrected chi connectivity index (χ2v) is 43.8. The molecule has 0 saturated heterocycles. The maximum atomic E-state index is 7.94. The number of furan rings is 1. The van der Waals surface area contributed by atoms with E-state index in [1.54, 1.807) is 0 Å². The molecule has 0 bridgehead atoms. The van der Waals surface area contributed by atoms with Crippen LogP contribution in [0.2, 0.25) is 19.6 Å². The smallest absolute Gasteiger partial charge is 0.145 e. The summed E-state index contributed by atoms with van der Waals surface area (Å²) in [5, 5.41) is 3.56. The fraction of sp³-hybridized carbons (Fsp3) is 0.301. The van der Waals surface area contributed by atoms with Crippen molar-refractivity contribution in [3.8, 4) is 22.3 Å². The summed E-state index contributed by atoms with van der Waals surface area (Å²) >= 11 is 0. The van der Waals surface area contributed by atoms with E-state index < -0.39 is 18.9 Å². The first kappa shape index (κ1) is 73.6. The van der Waals surface area contributed by atoms with Gasteiger partial charge in [-0.05, 0) is 214 Å². The number of para-hydroxylation sites is 1. The van der Waals surface area contributed by atoms with Crippen LogP contribution in [-0.2, 0) is 43.3 Å². The van der Waals surface area contributed by atoms with Gasteiger partial charge < -0.3 is 19.1 Å². The highest BCUT2D eigenvalue weighted by atomic mass is 28.3. The van der Waals surface area contributed by atoms with Gasteiger partial charge in [-0.25, -0.2) is 0 Å². The third kappa shape index (κ3) is 12.6. The second-order valence-electron chi connectivity index (χ2n) is 38.8. The van der Waals surface area contributed by atoms with E-state index >= 15 is 0 Å². The maximum absolute atomic E-state index is 7.94. The van der Waals surface area contributed by atoms with Crippen molar-refractivity contribution in [3.05, 3.63) is 322 Å². The van der Waals surface area contributed by atoms with Crippen LogP contribution in [0.25, 0.3) is 44.2 Å². The van der Waals surface area contributed by atoms with Gasteiger partial charge in [0, 0.05) is 61.7 Å². The first-order chi connectivity index (χ1) is 50.7. The molecule has 5 heteroatoms. The minimum Gasteiger partial charge on any atom is -0.455 e. The van der Waals surface area contributed by atoms with E-state index in [9.17, 15) is 0 Å². The molecule has 0 saturated carbocycles. The van der Waals surface area contributed by atoms with Crippen LogP contribution in [0.1, 0.15) is 205 Å². The van der Waals surface area contributed by atoms with Crippen molar-refractivity contribution < 1.29 is 4.42 Å². The minimum atomic E-state index is -1.88. The Hall–Kier alpha value is -9.94. The van der Waals surface area contributed by atoms with Crippen LogP contribution in [0.15, 0.2) is 259 Å². The Labute approximate surface area is 646 Å². The highest BCUT2D eigenvalue weighted by Gasteiger charge is 2.54. The van der Waals surface area contributed by atoms with E-state index in [0.29, 0.717) is 0 Å². The molecule has 13 aromatic rings. The summed E-state index contributed by atoms with van der Waals surface area (Å²) in [6.45, 7) is 54.0. The number of anilines is 9. The number of hydrogen-bond acceptors (Lipinski definition) is 4. The minimum absolute atomic E-state index is 0.0176. The van der Waals surface area contributed by atoms with Crippen molar-refractivity contribution >= 4 is 86.4 Å². The molecule has 0 spiro atoms. The van der Waals surface area contributed by atoms with Crippen LogP contribution < -0.4 is 19.9 Å². The van der Waals surface area contributed by atoms with Gasteiger partial charge in [0.1, 0.15) is 11.2 Å². The normalized spacial score (nSPS) is 15.1. The Morgan fingerprint density at radius 3 is 1.00 bits per heavy atom. The van der Waals surface area contributed by atoms with Gasteiger partial charge in [-0.2, -0.15) is 0 Å². The average molecular weight is 1440 g/mol. The summed E-state index contributed by atoms with van der Waals surface area (Å²) in [6.07, 6.45) is 0. The summed E-state index contributed by atoms with van der Waals surface area (Å²) in [6, 6.07) is 99.4. The molecule has 1 aromatic heterocycles. The molecule has 548 valence electrons. The zero-order valence-electron chi connectivity index (χ0n) is 68.5. The Bertz CT molecular complexity index is 5380. The first-order valence-electron chi connectivity index (χ1n) is 39.3. The van der Waals surface area contributed by atoms with Crippen LogP contribution in [0.5, 0.6) is 0 Å². The first-order valence-corrected chi connectivity index (χ1v) is 42.8. The number of hydrogen-bond donors (Lipinski definition) is 0. The molecular formula is C103H111N3OSi. The monoisotopic (exact) mass is 1430 g/mol. The van der Waals surface area contributed by atoms with Crippen LogP contribution in [0, 0.1) is 0 Å². The van der Waals surface area contributed by atoms with E-state index in [2.05, 4.69) is 428 Å². The molecule has 2 aliphatic carbocycles. The molecule has 1 unspecified atom stereocenters. The molecule has 15 rings (SSSR count). The summed E-state index contributed by atoms with van der Waals surface area (Å²) < 4.78 is 7.94. The van der Waals surface area contributed by atoms with Crippen molar-refractivity contribution in [2.45, 2.75) is 201 Å². The Kier molecular flexibility index (Phi) is 17.6. The van der Waals surface area contributed by atoms with Crippen LogP contribution in [0.3, 0.4) is 0 Å². The lowest BCUT2D eigenvalue weighted by molar-refractivity contribution is 0.590. The lowest BCUT2D eigenvalue weighted by Crippen LogP contribution is -2.38. The van der Waals surface area contributed by atoms with Crippen LogP contribution >= 0.6 is 0 Å². The van der Waals surface area contributed by atoms with Crippen molar-refractivity contribution in [3.63, 3.8) is 0 Å². The lowest BCUT2D eigenvalue weighted by Gasteiger charge is -2.37. The van der Waals surface area contributed by atoms with Gasteiger partial charge in [0.15, 0.2) is 0 Å². The highest BCUT2D eigenvalue weighted by molar-refractivity contribution is 6.88. The molecule has 4 nitrogen and oxygen atoms in total. The van der Waals surface area contributed by atoms with Crippen LogP contribution in [-0.4, -0.2) is 8.07 Å². The van der Waals surface area contributed by atoms with Crippen LogP contribution in [0.4, 0.5) is 51.2 Å². The van der Waals surface area contributed by atoms with Gasteiger partial charge in [0.25, 0.3) is 0 Å². The summed E-state index contributed by atoms with van der Waals surface area (Å²) in [4.78, 5) is 7.60. The lowest BCUT2D eigenvalue weighted by atomic mass is 9.66. The molecular weight excluding hydrogens is 1320 g/mol. The number of rotatable bonds is 12. The quantitative estimate of drug-likeness (QED) is 0.114. The molecule has 1 heterocycles. The second kappa shape index (κ2) is 25.9. The largest absolute Gasteiger partial charge is 0.455 e. The molecule has 0 aliphatic heterocycles. The number of nitrogens with zero attached hydrogens (tertiary/aromatic N) is 3. The summed E-state index contributed by atoms with van der Waals surface area (Å²) in [5.41, 5.74) is 29.6. The topological polar surface area (TPSA) is 22.9 Å². The molecule has 1 atom stereocenters. The third-order valence-electron chi connectivity index (χ3n) is 23.7. The SMILES string of the molecule is CC(C)(C)c1ccc(N(c2ccc(C(C)(C)C)cc2)c2ccc(C3(c4ccc([Si](C)(C)C)cc4)c4cc(N(c5ccc(C(C)(C)C)cc5)c5ccc(C(C)(C)C)cc5)c5c(c4-c4c3cc(N(c3ccc(C(C)(C)C)cc3)c3ccc(C(C)(C)C)cc3)c3c4oc4ccccc43)C(C)(C)c3ccccc3-5)cc2)cc1. The summed E-state index contributed by atoms with van der Waals surface area (Å²) in [7, 11) is -1.88. The van der Waals surface area contributed by atoms with E-state index in [0.717, 1.165) is 84.3 Å². The van der Waals surface area contributed by atoms with Gasteiger partial charge in [0.2, 0.25) is 0 Å². The van der Waals surface area contributed by atoms with Crippen molar-refractivity contribution in [2.24, 2.45) is 0 Å². The molecule has 108 heavy (non-hydrogen) atoms. The van der Waals surface area contributed by atoms with E-state index in [1.807, 2.05) is 0 Å². The molecule has 0 amide bonds. The van der Waals surface area contributed by atoms with Gasteiger partial charge in [-0.15, -0.1) is 0 Å². The van der Waals surface area contributed by atoms with Crippen molar-refractivity contribution in [2.75, 3.05) is 14.7 Å². The average Bonchev–Trinajstić information content (AvgIpc) is 1.49. The fourth-order valence-corrected chi connectivity index (χ4v) is 18.4. The zero-order chi connectivity index (χ0) is 77.0. The zero-order valence-corrected chi connectivity index (χ0v) is 69.5.